The number of amides is 2. The molecule has 1 heterocycles. The van der Waals surface area contributed by atoms with Gasteiger partial charge in [-0.05, 0) is 41.8 Å². The summed E-state index contributed by atoms with van der Waals surface area (Å²) in [5.74, 6) is -0.694. The molecule has 35 heavy (non-hydrogen) atoms. The van der Waals surface area contributed by atoms with Gasteiger partial charge in [-0.25, -0.2) is 8.42 Å². The average Bonchev–Trinajstić information content (AvgIpc) is 3.25. The second-order valence-corrected chi connectivity index (χ2v) is 10.8. The summed E-state index contributed by atoms with van der Waals surface area (Å²) in [4.78, 5) is 27.0. The fraction of sp³-hybridized carbons (Fsp3) is 0.259. The van der Waals surface area contributed by atoms with Crippen LogP contribution in [0.3, 0.4) is 0 Å². The van der Waals surface area contributed by atoms with Crippen LogP contribution in [-0.4, -0.2) is 49.6 Å². The largest absolute Gasteiger partial charge is 0.342 e. The molecule has 4 rings (SSSR count). The number of hydrogen-bond acceptors (Lipinski definition) is 4. The zero-order valence-corrected chi connectivity index (χ0v) is 20.4. The van der Waals surface area contributed by atoms with Crippen LogP contribution in [0.5, 0.6) is 0 Å². The first-order valence-electron chi connectivity index (χ1n) is 11.6. The molecule has 0 aromatic heterocycles. The quantitative estimate of drug-likeness (QED) is 0.496. The Labute approximate surface area is 206 Å². The van der Waals surface area contributed by atoms with E-state index in [0.717, 1.165) is 17.5 Å². The third-order valence-electron chi connectivity index (χ3n) is 6.18. The number of benzene rings is 3. The summed E-state index contributed by atoms with van der Waals surface area (Å²) in [6.45, 7) is 1.22. The SMILES string of the molecule is CN(Cc1ccccc1)S(=O)(=O)c1ccc(NC(=O)C2CC(=O)N(CCc3ccccc3)C2)cc1. The second-order valence-electron chi connectivity index (χ2n) is 8.74. The van der Waals surface area contributed by atoms with E-state index in [9.17, 15) is 18.0 Å². The number of carbonyl (C=O) groups excluding carboxylic acids is 2. The Morgan fingerprint density at radius 1 is 0.943 bits per heavy atom. The number of nitrogens with one attached hydrogen (secondary N) is 1. The van der Waals surface area contributed by atoms with E-state index in [2.05, 4.69) is 5.32 Å². The number of sulfonamides is 1. The fourth-order valence-electron chi connectivity index (χ4n) is 4.13. The molecule has 1 unspecified atom stereocenters. The van der Waals surface area contributed by atoms with Crippen LogP contribution in [0.4, 0.5) is 5.69 Å². The highest BCUT2D eigenvalue weighted by atomic mass is 32.2. The Kier molecular flexibility index (Phi) is 7.63. The van der Waals surface area contributed by atoms with Crippen molar-refractivity contribution in [1.82, 2.24) is 9.21 Å². The molecule has 1 aliphatic heterocycles. The first kappa shape index (κ1) is 24.6. The van der Waals surface area contributed by atoms with Crippen molar-refractivity contribution >= 4 is 27.5 Å². The van der Waals surface area contributed by atoms with E-state index in [1.165, 1.54) is 16.4 Å². The lowest BCUT2D eigenvalue weighted by molar-refractivity contribution is -0.128. The minimum atomic E-state index is -3.67. The predicted octanol–water partition coefficient (Wildman–Crippen LogP) is 3.54. The lowest BCUT2D eigenvalue weighted by atomic mass is 10.1. The molecule has 0 bridgehead atoms. The minimum absolute atomic E-state index is 0.0241. The highest BCUT2D eigenvalue weighted by Crippen LogP contribution is 2.22. The molecule has 0 saturated carbocycles. The number of rotatable bonds is 9. The molecule has 3 aromatic rings. The maximum Gasteiger partial charge on any atom is 0.243 e. The molecule has 0 aliphatic carbocycles. The summed E-state index contributed by atoms with van der Waals surface area (Å²) in [5.41, 5.74) is 2.54. The van der Waals surface area contributed by atoms with Crippen molar-refractivity contribution < 1.29 is 18.0 Å². The summed E-state index contributed by atoms with van der Waals surface area (Å²) < 4.78 is 27.1. The highest BCUT2D eigenvalue weighted by Gasteiger charge is 2.34. The van der Waals surface area contributed by atoms with Crippen LogP contribution >= 0.6 is 0 Å². The third kappa shape index (κ3) is 6.15. The van der Waals surface area contributed by atoms with E-state index >= 15 is 0 Å². The molecular weight excluding hydrogens is 462 g/mol. The van der Waals surface area contributed by atoms with E-state index in [1.807, 2.05) is 60.7 Å². The Hall–Kier alpha value is -3.49. The fourth-order valence-corrected chi connectivity index (χ4v) is 5.29. The van der Waals surface area contributed by atoms with Crippen LogP contribution in [0, 0.1) is 5.92 Å². The van der Waals surface area contributed by atoms with Crippen molar-refractivity contribution in [2.24, 2.45) is 5.92 Å². The number of anilines is 1. The number of likely N-dealkylation sites (tertiary alicyclic amines) is 1. The Morgan fingerprint density at radius 3 is 2.17 bits per heavy atom. The van der Waals surface area contributed by atoms with Gasteiger partial charge in [-0.3, -0.25) is 9.59 Å². The topological polar surface area (TPSA) is 86.8 Å². The van der Waals surface area contributed by atoms with Gasteiger partial charge in [-0.15, -0.1) is 0 Å². The molecule has 182 valence electrons. The van der Waals surface area contributed by atoms with Gasteiger partial charge >= 0.3 is 0 Å². The number of carbonyl (C=O) groups is 2. The molecule has 0 spiro atoms. The van der Waals surface area contributed by atoms with Gasteiger partial charge in [0.2, 0.25) is 21.8 Å². The maximum absolute atomic E-state index is 12.9. The Morgan fingerprint density at radius 2 is 1.54 bits per heavy atom. The summed E-state index contributed by atoms with van der Waals surface area (Å²) >= 11 is 0. The van der Waals surface area contributed by atoms with E-state index in [1.54, 1.807) is 24.1 Å². The average molecular weight is 492 g/mol. The molecule has 1 atom stereocenters. The Balaban J connectivity index is 1.32. The van der Waals surface area contributed by atoms with Crippen molar-refractivity contribution in [3.8, 4) is 0 Å². The minimum Gasteiger partial charge on any atom is -0.342 e. The summed E-state index contributed by atoms with van der Waals surface area (Å²) in [6.07, 6.45) is 0.924. The molecule has 1 saturated heterocycles. The molecule has 1 fully saturated rings. The van der Waals surface area contributed by atoms with Gasteiger partial charge in [-0.2, -0.15) is 4.31 Å². The smallest absolute Gasteiger partial charge is 0.243 e. The molecule has 1 N–H and O–H groups in total. The van der Waals surface area contributed by atoms with Crippen LogP contribution in [0.15, 0.2) is 89.8 Å². The van der Waals surface area contributed by atoms with Crippen LogP contribution in [0.2, 0.25) is 0 Å². The molecule has 8 heteroatoms. The maximum atomic E-state index is 12.9. The van der Waals surface area contributed by atoms with E-state index in [-0.39, 0.29) is 29.7 Å². The van der Waals surface area contributed by atoms with Crippen LogP contribution in [0.1, 0.15) is 17.5 Å². The van der Waals surface area contributed by atoms with Crippen molar-refractivity contribution in [2.75, 3.05) is 25.5 Å². The van der Waals surface area contributed by atoms with Gasteiger partial charge < -0.3 is 10.2 Å². The molecule has 7 nitrogen and oxygen atoms in total. The second kappa shape index (κ2) is 10.8. The van der Waals surface area contributed by atoms with E-state index in [4.69, 9.17) is 0 Å². The van der Waals surface area contributed by atoms with Gasteiger partial charge in [0, 0.05) is 38.8 Å². The summed E-state index contributed by atoms with van der Waals surface area (Å²) in [7, 11) is -2.13. The third-order valence-corrected chi connectivity index (χ3v) is 7.99. The van der Waals surface area contributed by atoms with E-state index < -0.39 is 15.9 Å². The van der Waals surface area contributed by atoms with Crippen molar-refractivity contribution in [2.45, 2.75) is 24.3 Å². The van der Waals surface area contributed by atoms with Crippen LogP contribution in [-0.2, 0) is 32.6 Å². The van der Waals surface area contributed by atoms with Crippen LogP contribution in [0.25, 0.3) is 0 Å². The Bertz CT molecular complexity index is 1260. The molecule has 2 amide bonds. The zero-order valence-electron chi connectivity index (χ0n) is 19.6. The standard InChI is InChI=1S/C27H29N3O4S/c1-29(19-22-10-6-3-7-11-22)35(33,34)25-14-12-24(13-15-25)28-27(32)23-18-26(31)30(20-23)17-16-21-8-4-2-5-9-21/h2-15,23H,16-20H2,1H3,(H,28,32). The predicted molar refractivity (Wildman–Crippen MR) is 135 cm³/mol. The van der Waals surface area contributed by atoms with Crippen molar-refractivity contribution in [1.29, 1.82) is 0 Å². The number of hydrogen-bond donors (Lipinski definition) is 1. The molecule has 1 aliphatic rings. The normalized spacial score (nSPS) is 16.0. The van der Waals surface area contributed by atoms with Crippen LogP contribution < -0.4 is 5.32 Å². The van der Waals surface area contributed by atoms with Gasteiger partial charge in [0.15, 0.2) is 0 Å². The molecule has 3 aromatic carbocycles. The molecule has 0 radical (unpaired) electrons. The van der Waals surface area contributed by atoms with Gasteiger partial charge in [0.25, 0.3) is 0 Å². The van der Waals surface area contributed by atoms with E-state index in [0.29, 0.717) is 18.8 Å². The summed E-state index contributed by atoms with van der Waals surface area (Å²) in [6, 6.07) is 25.4. The summed E-state index contributed by atoms with van der Waals surface area (Å²) in [5, 5.41) is 2.82. The lowest BCUT2D eigenvalue weighted by Gasteiger charge is -2.18. The molecular formula is C27H29N3O4S. The first-order chi connectivity index (χ1) is 16.8. The highest BCUT2D eigenvalue weighted by molar-refractivity contribution is 7.89. The zero-order chi connectivity index (χ0) is 24.8. The number of nitrogens with zero attached hydrogens (tertiary/aromatic N) is 2. The van der Waals surface area contributed by atoms with Gasteiger partial charge in [-0.1, -0.05) is 60.7 Å². The van der Waals surface area contributed by atoms with Gasteiger partial charge in [0.05, 0.1) is 10.8 Å². The van der Waals surface area contributed by atoms with Crippen molar-refractivity contribution in [3.63, 3.8) is 0 Å². The monoisotopic (exact) mass is 491 g/mol. The lowest BCUT2D eigenvalue weighted by Crippen LogP contribution is -2.30. The van der Waals surface area contributed by atoms with Gasteiger partial charge in [0.1, 0.15) is 0 Å². The first-order valence-corrected chi connectivity index (χ1v) is 13.0. The van der Waals surface area contributed by atoms with Crippen molar-refractivity contribution in [3.05, 3.63) is 96.1 Å².